The van der Waals surface area contributed by atoms with Crippen LogP contribution in [-0.2, 0) is 0 Å². The van der Waals surface area contributed by atoms with Crippen molar-refractivity contribution < 1.29 is 14.0 Å². The highest BCUT2D eigenvalue weighted by Gasteiger charge is 2.13. The van der Waals surface area contributed by atoms with Crippen LogP contribution in [-0.4, -0.2) is 16.8 Å². The van der Waals surface area contributed by atoms with Gasteiger partial charge in [-0.1, -0.05) is 24.3 Å². The number of carbonyl (C=O) groups excluding carboxylic acids is 2. The minimum atomic E-state index is -0.527. The van der Waals surface area contributed by atoms with Crippen LogP contribution >= 0.6 is 0 Å². The van der Waals surface area contributed by atoms with Crippen molar-refractivity contribution in [3.63, 3.8) is 0 Å². The highest BCUT2D eigenvalue weighted by molar-refractivity contribution is 6.06. The molecule has 26 heavy (non-hydrogen) atoms. The number of rotatable bonds is 4. The van der Waals surface area contributed by atoms with E-state index in [9.17, 15) is 14.0 Å². The lowest BCUT2D eigenvalue weighted by Crippen LogP contribution is -2.18. The highest BCUT2D eigenvalue weighted by Crippen LogP contribution is 2.13. The van der Waals surface area contributed by atoms with Crippen LogP contribution in [0.2, 0.25) is 0 Å². The third-order valence-corrected chi connectivity index (χ3v) is 3.57. The Labute approximate surface area is 149 Å². The van der Waals surface area contributed by atoms with E-state index in [0.29, 0.717) is 11.4 Å². The maximum atomic E-state index is 13.2. The first-order chi connectivity index (χ1) is 12.5. The predicted octanol–water partition coefficient (Wildman–Crippen LogP) is 4.03. The van der Waals surface area contributed by atoms with Gasteiger partial charge in [-0.2, -0.15) is 0 Å². The van der Waals surface area contributed by atoms with Crippen LogP contribution in [0.1, 0.15) is 26.5 Å². The maximum Gasteiger partial charge on any atom is 0.274 e. The molecule has 0 saturated heterocycles. The lowest BCUT2D eigenvalue weighted by atomic mass is 10.2. The maximum absolute atomic E-state index is 13.2. The van der Waals surface area contributed by atoms with Crippen molar-refractivity contribution in [3.05, 3.63) is 89.5 Å². The summed E-state index contributed by atoms with van der Waals surface area (Å²) in [5.74, 6) is -1.40. The lowest BCUT2D eigenvalue weighted by Gasteiger charge is -2.08. The van der Waals surface area contributed by atoms with Gasteiger partial charge in [-0.05, 0) is 55.0 Å². The zero-order chi connectivity index (χ0) is 18.5. The summed E-state index contributed by atoms with van der Waals surface area (Å²) in [4.78, 5) is 28.7. The summed E-state index contributed by atoms with van der Waals surface area (Å²) < 4.78 is 13.2. The van der Waals surface area contributed by atoms with E-state index < -0.39 is 17.6 Å². The number of benzene rings is 2. The van der Waals surface area contributed by atoms with Crippen molar-refractivity contribution in [2.75, 3.05) is 10.6 Å². The first-order valence-corrected chi connectivity index (χ1v) is 7.93. The molecule has 130 valence electrons. The van der Waals surface area contributed by atoms with Crippen LogP contribution in [0, 0.1) is 12.7 Å². The number of pyridine rings is 1. The van der Waals surface area contributed by atoms with E-state index in [1.807, 2.05) is 25.1 Å². The Balaban J connectivity index is 1.75. The van der Waals surface area contributed by atoms with Crippen molar-refractivity contribution in [2.45, 2.75) is 6.92 Å². The van der Waals surface area contributed by atoms with Gasteiger partial charge in [-0.3, -0.25) is 9.59 Å². The predicted molar refractivity (Wildman–Crippen MR) is 97.7 cm³/mol. The molecule has 0 unspecified atom stereocenters. The largest absolute Gasteiger partial charge is 0.321 e. The number of nitrogens with one attached hydrogen (secondary N) is 2. The van der Waals surface area contributed by atoms with Gasteiger partial charge in [0, 0.05) is 11.4 Å². The van der Waals surface area contributed by atoms with Crippen LogP contribution in [0.5, 0.6) is 0 Å². The van der Waals surface area contributed by atoms with E-state index in [1.54, 1.807) is 18.2 Å². The van der Waals surface area contributed by atoms with E-state index in [1.165, 1.54) is 30.3 Å². The van der Waals surface area contributed by atoms with E-state index in [4.69, 9.17) is 0 Å². The average molecular weight is 349 g/mol. The normalized spacial score (nSPS) is 10.2. The summed E-state index contributed by atoms with van der Waals surface area (Å²) in [7, 11) is 0. The van der Waals surface area contributed by atoms with Crippen LogP contribution in [0.15, 0.2) is 66.7 Å². The lowest BCUT2D eigenvalue weighted by molar-refractivity contribution is 0.101. The van der Waals surface area contributed by atoms with Gasteiger partial charge in [-0.15, -0.1) is 0 Å². The van der Waals surface area contributed by atoms with Crippen molar-refractivity contribution in [1.29, 1.82) is 0 Å². The number of amides is 2. The highest BCUT2D eigenvalue weighted by atomic mass is 19.1. The molecule has 0 aliphatic carbocycles. The summed E-state index contributed by atoms with van der Waals surface area (Å²) in [6, 6.07) is 17.5. The monoisotopic (exact) mass is 349 g/mol. The third kappa shape index (κ3) is 4.30. The molecule has 0 bridgehead atoms. The zero-order valence-corrected chi connectivity index (χ0v) is 14.0. The van der Waals surface area contributed by atoms with Gasteiger partial charge >= 0.3 is 0 Å². The number of aryl methyl sites for hydroxylation is 1. The zero-order valence-electron chi connectivity index (χ0n) is 14.0. The van der Waals surface area contributed by atoms with E-state index >= 15 is 0 Å². The number of nitrogens with zero attached hydrogens (tertiary/aromatic N) is 1. The van der Waals surface area contributed by atoms with Crippen LogP contribution in [0.25, 0.3) is 0 Å². The van der Waals surface area contributed by atoms with Crippen LogP contribution < -0.4 is 10.6 Å². The van der Waals surface area contributed by atoms with E-state index in [2.05, 4.69) is 15.6 Å². The molecular formula is C20H16FN3O2. The number of hydrogen-bond acceptors (Lipinski definition) is 3. The average Bonchev–Trinajstić information content (AvgIpc) is 2.62. The quantitative estimate of drug-likeness (QED) is 0.747. The standard InChI is InChI=1S/C20H16FN3O2/c1-13-5-2-7-15(11-13)22-19(25)17-9-4-10-18(24-17)20(26)23-16-8-3-6-14(21)12-16/h2-12H,1H3,(H,22,25)(H,23,26). The van der Waals surface area contributed by atoms with Crippen molar-refractivity contribution in [1.82, 2.24) is 4.98 Å². The third-order valence-electron chi connectivity index (χ3n) is 3.57. The molecule has 0 atom stereocenters. The van der Waals surface area contributed by atoms with Gasteiger partial charge in [0.15, 0.2) is 0 Å². The van der Waals surface area contributed by atoms with E-state index in [-0.39, 0.29) is 11.4 Å². The number of carbonyl (C=O) groups is 2. The Morgan fingerprint density at radius 3 is 1.92 bits per heavy atom. The fourth-order valence-corrected chi connectivity index (χ4v) is 2.37. The molecule has 2 aromatic carbocycles. The molecule has 0 spiro atoms. The second-order valence-corrected chi connectivity index (χ2v) is 5.70. The van der Waals surface area contributed by atoms with Gasteiger partial charge in [-0.25, -0.2) is 9.37 Å². The Morgan fingerprint density at radius 1 is 0.808 bits per heavy atom. The van der Waals surface area contributed by atoms with Gasteiger partial charge < -0.3 is 10.6 Å². The Kier molecular flexibility index (Phi) is 5.03. The van der Waals surface area contributed by atoms with Gasteiger partial charge in [0.1, 0.15) is 17.2 Å². The Hall–Kier alpha value is -3.54. The summed E-state index contributed by atoms with van der Waals surface area (Å²) in [5.41, 5.74) is 2.14. The first-order valence-electron chi connectivity index (χ1n) is 7.93. The number of halogens is 1. The molecule has 6 heteroatoms. The van der Waals surface area contributed by atoms with Crippen molar-refractivity contribution in [2.24, 2.45) is 0 Å². The van der Waals surface area contributed by atoms with Crippen LogP contribution in [0.3, 0.4) is 0 Å². The summed E-state index contributed by atoms with van der Waals surface area (Å²) in [6.07, 6.45) is 0. The summed E-state index contributed by atoms with van der Waals surface area (Å²) in [5, 5.41) is 5.29. The summed E-state index contributed by atoms with van der Waals surface area (Å²) >= 11 is 0. The van der Waals surface area contributed by atoms with E-state index in [0.717, 1.165) is 5.56 Å². The van der Waals surface area contributed by atoms with Crippen LogP contribution in [0.4, 0.5) is 15.8 Å². The molecule has 0 aliphatic heterocycles. The molecule has 2 N–H and O–H groups in total. The molecule has 3 aromatic rings. The van der Waals surface area contributed by atoms with Crippen molar-refractivity contribution in [3.8, 4) is 0 Å². The second-order valence-electron chi connectivity index (χ2n) is 5.70. The number of hydrogen-bond donors (Lipinski definition) is 2. The molecule has 0 radical (unpaired) electrons. The molecule has 0 aliphatic rings. The smallest absolute Gasteiger partial charge is 0.274 e. The minimum Gasteiger partial charge on any atom is -0.321 e. The minimum absolute atomic E-state index is 0.0613. The van der Waals surface area contributed by atoms with Gasteiger partial charge in [0.25, 0.3) is 11.8 Å². The Bertz CT molecular complexity index is 898. The fraction of sp³-hybridized carbons (Fsp3) is 0.0500. The molecule has 5 nitrogen and oxygen atoms in total. The second kappa shape index (κ2) is 7.57. The SMILES string of the molecule is Cc1cccc(NC(=O)c2cccc(C(=O)Nc3cccc(F)c3)n2)c1. The molecule has 1 heterocycles. The first kappa shape index (κ1) is 17.3. The molecular weight excluding hydrogens is 333 g/mol. The van der Waals surface area contributed by atoms with Crippen molar-refractivity contribution >= 4 is 23.2 Å². The molecule has 0 fully saturated rings. The van der Waals surface area contributed by atoms with Gasteiger partial charge in [0.2, 0.25) is 0 Å². The Morgan fingerprint density at radius 2 is 1.35 bits per heavy atom. The molecule has 2 amide bonds. The summed E-state index contributed by atoms with van der Waals surface area (Å²) in [6.45, 7) is 1.92. The fourth-order valence-electron chi connectivity index (χ4n) is 2.37. The van der Waals surface area contributed by atoms with Gasteiger partial charge in [0.05, 0.1) is 0 Å². The molecule has 0 saturated carbocycles. The molecule has 3 rings (SSSR count). The number of aromatic nitrogens is 1. The molecule has 1 aromatic heterocycles. The number of anilines is 2. The topological polar surface area (TPSA) is 71.1 Å².